The highest BCUT2D eigenvalue weighted by Crippen LogP contribution is 2.23. The number of rotatable bonds is 8. The minimum Gasteiger partial charge on any atom is -0.448 e. The van der Waals surface area contributed by atoms with Crippen molar-refractivity contribution in [3.8, 4) is 11.3 Å². The average molecular weight is 540 g/mol. The summed E-state index contributed by atoms with van der Waals surface area (Å²) in [6.07, 6.45) is -3.21. The van der Waals surface area contributed by atoms with E-state index in [1.807, 2.05) is 0 Å². The third-order valence-corrected chi connectivity index (χ3v) is 4.63. The van der Waals surface area contributed by atoms with Crippen molar-refractivity contribution in [2.24, 2.45) is 0 Å². The van der Waals surface area contributed by atoms with Gasteiger partial charge >= 0.3 is 24.4 Å². The molecule has 0 unspecified atom stereocenters. The van der Waals surface area contributed by atoms with Gasteiger partial charge < -0.3 is 25.6 Å². The first-order valence-corrected chi connectivity index (χ1v) is 11.3. The Labute approximate surface area is 222 Å². The van der Waals surface area contributed by atoms with Crippen molar-refractivity contribution >= 4 is 35.9 Å². The van der Waals surface area contributed by atoms with Crippen LogP contribution in [0.1, 0.15) is 32.4 Å². The number of hydrogen-bond acceptors (Lipinski definition) is 10. The highest BCUT2D eigenvalue weighted by molar-refractivity contribution is 5.97. The van der Waals surface area contributed by atoms with Gasteiger partial charge in [-0.1, -0.05) is 42.5 Å². The van der Waals surface area contributed by atoms with Gasteiger partial charge in [-0.3, -0.25) is 14.5 Å². The zero-order valence-corrected chi connectivity index (χ0v) is 21.0. The van der Waals surface area contributed by atoms with Gasteiger partial charge in [0, 0.05) is 22.7 Å². The molecule has 2 amide bonds. The number of anilines is 2. The lowest BCUT2D eigenvalue weighted by atomic mass is 10.1. The molecule has 1 heterocycles. The van der Waals surface area contributed by atoms with Crippen molar-refractivity contribution < 1.29 is 43.8 Å². The number of nitrogens with one attached hydrogen (secondary N) is 2. The van der Waals surface area contributed by atoms with E-state index in [4.69, 9.17) is 14.9 Å². The molecule has 0 fully saturated rings. The van der Waals surface area contributed by atoms with Crippen molar-refractivity contribution in [2.75, 3.05) is 10.5 Å². The third kappa shape index (κ3) is 8.59. The van der Waals surface area contributed by atoms with Gasteiger partial charge in [0.15, 0.2) is 0 Å². The first kappa shape index (κ1) is 28.2. The Balaban J connectivity index is 1.78. The van der Waals surface area contributed by atoms with E-state index in [0.29, 0.717) is 16.8 Å². The number of alkyl carbamates (subject to hydrolysis) is 1. The Bertz CT molecular complexity index is 1310. The molecule has 0 aliphatic heterocycles. The standard InChI is InChI=1S/C25H25N5O9/c1-25(2,3)37-22(32)29-19(16-7-5-4-6-8-16)20(31)27-17-11-9-15(10-12-17)18-13-14-26-21(28-18)30(38-23(33)34)39-24(35)36/h4-14,19H,1-3H3,(H,27,31)(H,29,32)(H,33,34)(H,35,36)/t19-/m1/s1. The maximum absolute atomic E-state index is 13.1. The molecular weight excluding hydrogens is 514 g/mol. The van der Waals surface area contributed by atoms with E-state index < -0.39 is 41.9 Å². The number of carbonyl (C=O) groups excluding carboxylic acids is 2. The molecule has 0 aliphatic rings. The predicted octanol–water partition coefficient (Wildman–Crippen LogP) is 4.37. The van der Waals surface area contributed by atoms with Gasteiger partial charge in [-0.2, -0.15) is 0 Å². The number of hydrogen-bond donors (Lipinski definition) is 4. The van der Waals surface area contributed by atoms with Crippen LogP contribution in [0, 0.1) is 0 Å². The molecular formula is C25H25N5O9. The number of aromatic nitrogens is 2. The normalized spacial score (nSPS) is 11.5. The second-order valence-corrected chi connectivity index (χ2v) is 8.77. The fourth-order valence-electron chi connectivity index (χ4n) is 3.15. The third-order valence-electron chi connectivity index (χ3n) is 4.63. The summed E-state index contributed by atoms with van der Waals surface area (Å²) in [5.74, 6) is -1.01. The van der Waals surface area contributed by atoms with Crippen LogP contribution in [0.25, 0.3) is 11.3 Å². The molecule has 204 valence electrons. The average Bonchev–Trinajstić information content (AvgIpc) is 2.86. The highest BCUT2D eigenvalue weighted by Gasteiger charge is 2.26. The molecule has 14 nitrogen and oxygen atoms in total. The van der Waals surface area contributed by atoms with Crippen LogP contribution < -0.4 is 15.9 Å². The Morgan fingerprint density at radius 1 is 0.897 bits per heavy atom. The summed E-state index contributed by atoms with van der Waals surface area (Å²) in [5, 5.41) is 23.0. The molecule has 14 heteroatoms. The fraction of sp³-hybridized carbons (Fsp3) is 0.200. The summed E-state index contributed by atoms with van der Waals surface area (Å²) in [6.45, 7) is 5.13. The van der Waals surface area contributed by atoms with Gasteiger partial charge in [-0.15, -0.1) is 0 Å². The molecule has 0 aliphatic carbocycles. The van der Waals surface area contributed by atoms with Crippen molar-refractivity contribution in [3.05, 3.63) is 72.4 Å². The van der Waals surface area contributed by atoms with Gasteiger partial charge in [0.2, 0.25) is 0 Å². The molecule has 0 saturated carbocycles. The lowest BCUT2D eigenvalue weighted by molar-refractivity contribution is -0.118. The molecule has 3 rings (SSSR count). The minimum absolute atomic E-state index is 0.0319. The van der Waals surface area contributed by atoms with Crippen LogP contribution in [-0.4, -0.2) is 50.1 Å². The predicted molar refractivity (Wildman–Crippen MR) is 135 cm³/mol. The van der Waals surface area contributed by atoms with Crippen LogP contribution >= 0.6 is 0 Å². The summed E-state index contributed by atoms with van der Waals surface area (Å²) >= 11 is 0. The summed E-state index contributed by atoms with van der Waals surface area (Å²) < 4.78 is 5.30. The Morgan fingerprint density at radius 2 is 1.51 bits per heavy atom. The van der Waals surface area contributed by atoms with Gasteiger partial charge in [0.1, 0.15) is 11.6 Å². The molecule has 0 spiro atoms. The molecule has 0 saturated heterocycles. The molecule has 0 bridgehead atoms. The number of nitrogens with zero attached hydrogens (tertiary/aromatic N) is 3. The second-order valence-electron chi connectivity index (χ2n) is 8.77. The van der Waals surface area contributed by atoms with Crippen molar-refractivity contribution in [1.29, 1.82) is 0 Å². The summed E-state index contributed by atoms with van der Waals surface area (Å²) in [4.78, 5) is 63.5. The van der Waals surface area contributed by atoms with Gasteiger partial charge in [-0.25, -0.2) is 24.4 Å². The van der Waals surface area contributed by atoms with E-state index in [0.717, 1.165) is 0 Å². The van der Waals surface area contributed by atoms with Crippen LogP contribution in [0.2, 0.25) is 0 Å². The number of carboxylic acid groups (broad SMARTS) is 2. The number of benzene rings is 2. The van der Waals surface area contributed by atoms with Crippen molar-refractivity contribution in [3.63, 3.8) is 0 Å². The molecule has 2 aromatic carbocycles. The van der Waals surface area contributed by atoms with Gasteiger partial charge in [-0.05, 0) is 44.5 Å². The van der Waals surface area contributed by atoms with Crippen molar-refractivity contribution in [2.45, 2.75) is 32.4 Å². The van der Waals surface area contributed by atoms with Crippen LogP contribution in [-0.2, 0) is 19.2 Å². The topological polar surface area (TPSA) is 190 Å². The van der Waals surface area contributed by atoms with Crippen LogP contribution in [0.3, 0.4) is 0 Å². The number of ether oxygens (including phenoxy) is 1. The molecule has 1 atom stereocenters. The Morgan fingerprint density at radius 3 is 2.08 bits per heavy atom. The summed E-state index contributed by atoms with van der Waals surface area (Å²) in [7, 11) is 0. The van der Waals surface area contributed by atoms with E-state index in [1.54, 1.807) is 75.4 Å². The SMILES string of the molecule is CC(C)(C)OC(=O)N[C@@H](C(=O)Nc1ccc(-c2ccnc(N(OC(=O)O)OC(=O)O)n2)cc1)c1ccccc1. The zero-order chi connectivity index (χ0) is 28.6. The van der Waals surface area contributed by atoms with Crippen LogP contribution in [0.4, 0.5) is 26.0 Å². The molecule has 1 aromatic heterocycles. The molecule has 39 heavy (non-hydrogen) atoms. The molecule has 3 aromatic rings. The lowest BCUT2D eigenvalue weighted by Gasteiger charge is -2.23. The summed E-state index contributed by atoms with van der Waals surface area (Å²) in [5.41, 5.74) is 0.959. The van der Waals surface area contributed by atoms with E-state index in [1.165, 1.54) is 12.3 Å². The number of carbonyl (C=O) groups is 4. The first-order valence-electron chi connectivity index (χ1n) is 11.3. The van der Waals surface area contributed by atoms with Crippen LogP contribution in [0.15, 0.2) is 66.9 Å². The van der Waals surface area contributed by atoms with E-state index in [9.17, 15) is 19.2 Å². The van der Waals surface area contributed by atoms with Gasteiger partial charge in [0.05, 0.1) is 5.69 Å². The zero-order valence-electron chi connectivity index (χ0n) is 21.0. The summed E-state index contributed by atoms with van der Waals surface area (Å²) in [6, 6.07) is 15.4. The molecule has 0 radical (unpaired) electrons. The maximum atomic E-state index is 13.1. The second kappa shape index (κ2) is 12.2. The van der Waals surface area contributed by atoms with Crippen molar-refractivity contribution in [1.82, 2.24) is 15.3 Å². The largest absolute Gasteiger partial charge is 0.533 e. The monoisotopic (exact) mass is 539 g/mol. The Hall–Kier alpha value is -5.40. The highest BCUT2D eigenvalue weighted by atomic mass is 17.0. The Kier molecular flexibility index (Phi) is 8.83. The van der Waals surface area contributed by atoms with Gasteiger partial charge in [0.25, 0.3) is 5.91 Å². The number of amides is 2. The fourth-order valence-corrected chi connectivity index (χ4v) is 3.15. The molecule has 4 N–H and O–H groups in total. The van der Waals surface area contributed by atoms with E-state index in [-0.39, 0.29) is 10.9 Å². The quantitative estimate of drug-likeness (QED) is 0.296. The smallest absolute Gasteiger partial charge is 0.448 e. The first-order chi connectivity index (χ1) is 18.4. The maximum Gasteiger partial charge on any atom is 0.533 e. The van der Waals surface area contributed by atoms with E-state index in [2.05, 4.69) is 30.3 Å². The van der Waals surface area contributed by atoms with E-state index >= 15 is 0 Å². The lowest BCUT2D eigenvalue weighted by Crippen LogP contribution is -2.40. The minimum atomic E-state index is -1.85. The van der Waals surface area contributed by atoms with Crippen LogP contribution in [0.5, 0.6) is 0 Å².